The summed E-state index contributed by atoms with van der Waals surface area (Å²) in [5.74, 6) is 0.00840. The maximum Gasteiger partial charge on any atom is 0.417 e. The van der Waals surface area contributed by atoms with Crippen LogP contribution in [0.15, 0.2) is 12.3 Å². The number of nitrogens with zero attached hydrogens (tertiary/aromatic N) is 3. The number of aryl methyl sites for hydroxylation is 1. The van der Waals surface area contributed by atoms with Crippen LogP contribution in [0, 0.1) is 0 Å². The average Bonchev–Trinajstić information content (AvgIpc) is 2.97. The van der Waals surface area contributed by atoms with Crippen LogP contribution in [0.4, 0.5) is 13.2 Å². The monoisotopic (exact) mass is 410 g/mol. The van der Waals surface area contributed by atoms with Gasteiger partial charge in [-0.2, -0.15) is 13.2 Å². The molecule has 158 valence electrons. The van der Waals surface area contributed by atoms with Crippen LogP contribution in [0.2, 0.25) is 0 Å². The summed E-state index contributed by atoms with van der Waals surface area (Å²) in [6.45, 7) is 5.38. The lowest BCUT2D eigenvalue weighted by molar-refractivity contribution is -0.137. The van der Waals surface area contributed by atoms with Crippen molar-refractivity contribution < 1.29 is 22.7 Å². The molecule has 1 fully saturated rings. The topological polar surface area (TPSA) is 59.4 Å². The van der Waals surface area contributed by atoms with E-state index in [9.17, 15) is 18.0 Å². The minimum atomic E-state index is -4.42. The van der Waals surface area contributed by atoms with Crippen LogP contribution >= 0.6 is 0 Å². The number of nitrogens with one attached hydrogen (secondary N) is 1. The van der Waals surface area contributed by atoms with Gasteiger partial charge in [-0.25, -0.2) is 4.98 Å². The Hall–Kier alpha value is -2.13. The molecule has 1 saturated heterocycles. The van der Waals surface area contributed by atoms with E-state index in [0.717, 1.165) is 30.4 Å². The molecule has 1 unspecified atom stereocenters. The van der Waals surface area contributed by atoms with Crippen LogP contribution in [-0.4, -0.2) is 52.7 Å². The second-order valence-corrected chi connectivity index (χ2v) is 7.60. The van der Waals surface area contributed by atoms with Crippen LogP contribution in [0.25, 0.3) is 11.0 Å². The van der Waals surface area contributed by atoms with Crippen LogP contribution in [0.1, 0.15) is 36.6 Å². The normalized spacial score (nSPS) is 19.3. The van der Waals surface area contributed by atoms with Gasteiger partial charge in [0.2, 0.25) is 5.91 Å². The van der Waals surface area contributed by atoms with Crippen molar-refractivity contribution >= 4 is 16.9 Å². The molecular formula is C20H25F3N4O2. The van der Waals surface area contributed by atoms with E-state index < -0.39 is 11.7 Å². The number of hydrogen-bond acceptors (Lipinski definition) is 4. The molecule has 2 aliphatic rings. The van der Waals surface area contributed by atoms with Gasteiger partial charge >= 0.3 is 6.18 Å². The summed E-state index contributed by atoms with van der Waals surface area (Å²) in [7, 11) is 0. The summed E-state index contributed by atoms with van der Waals surface area (Å²) in [4.78, 5) is 18.5. The summed E-state index contributed by atoms with van der Waals surface area (Å²) in [6, 6.07) is 1.58. The van der Waals surface area contributed by atoms with E-state index in [1.807, 2.05) is 11.5 Å². The first-order chi connectivity index (χ1) is 13.9. The van der Waals surface area contributed by atoms with Gasteiger partial charge in [-0.15, -0.1) is 0 Å². The third kappa shape index (κ3) is 3.98. The molecule has 0 bridgehead atoms. The van der Waals surface area contributed by atoms with Crippen molar-refractivity contribution in [1.29, 1.82) is 0 Å². The van der Waals surface area contributed by atoms with Crippen LogP contribution in [0.5, 0.6) is 0 Å². The average molecular weight is 410 g/mol. The standard InChI is InChI=1S/C20H25F3N4O2/c1-2-15-16-9-13(20(21,22)23)10-25-19(16)27-7-6-26(11-17(15)27)18(28)4-8-29-12-14-3-5-24-14/h9-10,14,24H,2-8,11-12H2,1H3. The van der Waals surface area contributed by atoms with E-state index in [1.54, 1.807) is 4.90 Å². The maximum absolute atomic E-state index is 13.1. The molecule has 1 atom stereocenters. The number of carbonyl (C=O) groups is 1. The number of rotatable bonds is 6. The van der Waals surface area contributed by atoms with Gasteiger partial charge in [0.15, 0.2) is 0 Å². The molecular weight excluding hydrogens is 385 g/mol. The van der Waals surface area contributed by atoms with Gasteiger partial charge in [0.05, 0.1) is 31.7 Å². The molecule has 4 heterocycles. The molecule has 1 amide bonds. The first-order valence-corrected chi connectivity index (χ1v) is 10.0. The predicted molar refractivity (Wildman–Crippen MR) is 101 cm³/mol. The number of ether oxygens (including phenoxy) is 1. The molecule has 6 nitrogen and oxygen atoms in total. The van der Waals surface area contributed by atoms with Gasteiger partial charge in [-0.3, -0.25) is 4.79 Å². The SMILES string of the molecule is CCc1c2n(c3ncc(C(F)(F)F)cc13)CCN(C(=O)CCOCC1CCN1)C2. The lowest BCUT2D eigenvalue weighted by Gasteiger charge is -2.30. The molecule has 0 spiro atoms. The zero-order valence-electron chi connectivity index (χ0n) is 16.4. The third-order valence-corrected chi connectivity index (χ3v) is 5.79. The molecule has 2 aliphatic heterocycles. The largest absolute Gasteiger partial charge is 0.417 e. The first-order valence-electron chi connectivity index (χ1n) is 10.0. The third-order valence-electron chi connectivity index (χ3n) is 5.79. The van der Waals surface area contributed by atoms with Gasteiger partial charge in [-0.05, 0) is 31.0 Å². The van der Waals surface area contributed by atoms with E-state index in [1.165, 1.54) is 6.07 Å². The number of fused-ring (bicyclic) bond motifs is 3. The lowest BCUT2D eigenvalue weighted by Crippen LogP contribution is -2.46. The Labute approximate surface area is 167 Å². The minimum absolute atomic E-state index is 0.00840. The molecule has 9 heteroatoms. The highest BCUT2D eigenvalue weighted by Crippen LogP contribution is 2.34. The van der Waals surface area contributed by atoms with Crippen molar-refractivity contribution in [3.05, 3.63) is 29.1 Å². The van der Waals surface area contributed by atoms with Crippen molar-refractivity contribution in [3.63, 3.8) is 0 Å². The van der Waals surface area contributed by atoms with Gasteiger partial charge in [-0.1, -0.05) is 6.92 Å². The summed E-state index contributed by atoms with van der Waals surface area (Å²) in [5.41, 5.74) is 1.54. The quantitative estimate of drug-likeness (QED) is 0.744. The Bertz CT molecular complexity index is 905. The molecule has 29 heavy (non-hydrogen) atoms. The van der Waals surface area contributed by atoms with Gasteiger partial charge in [0, 0.05) is 36.4 Å². The number of aromatic nitrogens is 2. The summed E-state index contributed by atoms with van der Waals surface area (Å²) < 4.78 is 46.9. The number of hydrogen-bond donors (Lipinski definition) is 1. The molecule has 0 aromatic carbocycles. The summed E-state index contributed by atoms with van der Waals surface area (Å²) >= 11 is 0. The fourth-order valence-electron chi connectivity index (χ4n) is 4.04. The summed E-state index contributed by atoms with van der Waals surface area (Å²) in [5, 5.41) is 3.78. The van der Waals surface area contributed by atoms with Crippen LogP contribution < -0.4 is 5.32 Å². The van der Waals surface area contributed by atoms with E-state index in [4.69, 9.17) is 4.74 Å². The zero-order valence-corrected chi connectivity index (χ0v) is 16.4. The fourth-order valence-corrected chi connectivity index (χ4v) is 4.04. The maximum atomic E-state index is 13.1. The molecule has 1 N–H and O–H groups in total. The fraction of sp³-hybridized carbons (Fsp3) is 0.600. The lowest BCUT2D eigenvalue weighted by atomic mass is 10.1. The van der Waals surface area contributed by atoms with Crippen LogP contribution in [-0.2, 0) is 35.2 Å². The zero-order chi connectivity index (χ0) is 20.6. The second kappa shape index (κ2) is 7.95. The number of pyridine rings is 1. The Morgan fingerprint density at radius 1 is 1.38 bits per heavy atom. The highest BCUT2D eigenvalue weighted by atomic mass is 19.4. The highest BCUT2D eigenvalue weighted by Gasteiger charge is 2.33. The van der Waals surface area contributed by atoms with Gasteiger partial charge in [0.1, 0.15) is 5.65 Å². The summed E-state index contributed by atoms with van der Waals surface area (Å²) in [6.07, 6.45) is -1.53. The van der Waals surface area contributed by atoms with Crippen molar-refractivity contribution in [2.24, 2.45) is 0 Å². The molecule has 0 aliphatic carbocycles. The van der Waals surface area contributed by atoms with E-state index in [0.29, 0.717) is 62.8 Å². The Balaban J connectivity index is 1.48. The van der Waals surface area contributed by atoms with Crippen molar-refractivity contribution in [2.75, 3.05) is 26.3 Å². The van der Waals surface area contributed by atoms with Gasteiger partial charge < -0.3 is 19.5 Å². The Kier molecular flexibility index (Phi) is 5.52. The Morgan fingerprint density at radius 3 is 2.83 bits per heavy atom. The number of carbonyl (C=O) groups excluding carboxylic acids is 1. The molecule has 2 aromatic heterocycles. The van der Waals surface area contributed by atoms with Gasteiger partial charge in [0.25, 0.3) is 0 Å². The minimum Gasteiger partial charge on any atom is -0.379 e. The second-order valence-electron chi connectivity index (χ2n) is 7.60. The number of alkyl halides is 3. The molecule has 0 saturated carbocycles. The number of amides is 1. The first kappa shape index (κ1) is 20.2. The molecule has 0 radical (unpaired) electrons. The van der Waals surface area contributed by atoms with Crippen LogP contribution in [0.3, 0.4) is 0 Å². The van der Waals surface area contributed by atoms with E-state index in [-0.39, 0.29) is 5.91 Å². The Morgan fingerprint density at radius 2 is 2.17 bits per heavy atom. The highest BCUT2D eigenvalue weighted by molar-refractivity contribution is 5.84. The van der Waals surface area contributed by atoms with Crippen molar-refractivity contribution in [3.8, 4) is 0 Å². The molecule has 2 aromatic rings. The van der Waals surface area contributed by atoms with E-state index >= 15 is 0 Å². The van der Waals surface area contributed by atoms with Crippen molar-refractivity contribution in [2.45, 2.75) is 51.5 Å². The molecule has 4 rings (SSSR count). The smallest absolute Gasteiger partial charge is 0.379 e. The van der Waals surface area contributed by atoms with E-state index in [2.05, 4.69) is 10.3 Å². The van der Waals surface area contributed by atoms with Crippen molar-refractivity contribution in [1.82, 2.24) is 19.8 Å². The predicted octanol–water partition coefficient (Wildman–Crippen LogP) is 2.73. The number of halogens is 3.